The number of hydrogen-bond donors (Lipinski definition) is 2. The van der Waals surface area contributed by atoms with Gasteiger partial charge in [0.05, 0.1) is 11.8 Å². The minimum absolute atomic E-state index is 0.0769. The molecule has 0 bridgehead atoms. The number of fused-ring (bicyclic) bond motifs is 1. The predicted octanol–water partition coefficient (Wildman–Crippen LogP) is 7.28. The highest BCUT2D eigenvalue weighted by molar-refractivity contribution is 8.00. The number of ether oxygens (including phenoxy) is 1. The molecule has 1 amide bonds. The van der Waals surface area contributed by atoms with E-state index in [9.17, 15) is 18.0 Å². The summed E-state index contributed by atoms with van der Waals surface area (Å²) in [6, 6.07) is 14.0. The molecule has 0 aliphatic carbocycles. The van der Waals surface area contributed by atoms with Crippen LogP contribution in [0.4, 0.5) is 18.9 Å². The number of benzene rings is 2. The van der Waals surface area contributed by atoms with Crippen LogP contribution in [-0.4, -0.2) is 59.5 Å². The Hall–Kier alpha value is -3.35. The van der Waals surface area contributed by atoms with Crippen LogP contribution in [0.25, 0.3) is 11.0 Å². The maximum atomic E-state index is 13.4. The van der Waals surface area contributed by atoms with E-state index in [1.165, 1.54) is 6.07 Å². The lowest BCUT2D eigenvalue weighted by Gasteiger charge is -2.34. The second-order valence-electron chi connectivity index (χ2n) is 10.1. The van der Waals surface area contributed by atoms with Crippen molar-refractivity contribution in [2.24, 2.45) is 0 Å². The lowest BCUT2D eigenvalue weighted by molar-refractivity contribution is -0.0328. The average molecular weight is 602 g/mol. The molecule has 216 valence electrons. The van der Waals surface area contributed by atoms with Crippen LogP contribution >= 0.6 is 23.7 Å². The number of hydrogen-bond acceptors (Lipinski definition) is 7. The van der Waals surface area contributed by atoms with E-state index >= 15 is 0 Å². The molecular formula is C29H30F3N5O2S2. The number of likely N-dealkylation sites (N-methyl/N-ethyl adjacent to an activating group) is 1. The summed E-state index contributed by atoms with van der Waals surface area (Å²) in [4.78, 5) is 25.9. The standard InChI is InChI=1S/C29H30F3N5O2S2/c1-18(2)23-7-5-22(16-26(23)40-29(30,31)32)41-35-28(38)24-6-4-20(37-12-10-36(3)11-13-37)15-25(24)39-21-14-19-8-9-33-27(19)34-17-21/h4-9,14-18H,10-13H2,1-3H3,(H,33,34)(H,35,38). The average Bonchev–Trinajstić information content (AvgIpc) is 3.39. The van der Waals surface area contributed by atoms with Crippen LogP contribution in [0.2, 0.25) is 0 Å². The summed E-state index contributed by atoms with van der Waals surface area (Å²) in [5, 5.41) is 0.872. The quantitative estimate of drug-likeness (QED) is 0.162. The number of piperazine rings is 1. The molecule has 2 aromatic heterocycles. The Morgan fingerprint density at radius 1 is 1.07 bits per heavy atom. The van der Waals surface area contributed by atoms with Crippen molar-refractivity contribution in [1.29, 1.82) is 0 Å². The monoisotopic (exact) mass is 601 g/mol. The van der Waals surface area contributed by atoms with Gasteiger partial charge < -0.3 is 19.5 Å². The zero-order valence-electron chi connectivity index (χ0n) is 22.8. The van der Waals surface area contributed by atoms with Gasteiger partial charge in [-0.2, -0.15) is 13.2 Å². The van der Waals surface area contributed by atoms with Crippen LogP contribution in [0.3, 0.4) is 0 Å². The molecule has 0 spiro atoms. The van der Waals surface area contributed by atoms with Crippen LogP contribution in [0.1, 0.15) is 35.7 Å². The van der Waals surface area contributed by atoms with E-state index in [0.717, 1.165) is 54.8 Å². The summed E-state index contributed by atoms with van der Waals surface area (Å²) in [6.07, 6.45) is 3.38. The van der Waals surface area contributed by atoms with E-state index in [1.54, 1.807) is 30.6 Å². The fraction of sp³-hybridized carbons (Fsp3) is 0.310. The maximum Gasteiger partial charge on any atom is 0.446 e. The van der Waals surface area contributed by atoms with Crippen molar-refractivity contribution in [3.05, 3.63) is 72.1 Å². The van der Waals surface area contributed by atoms with Crippen LogP contribution in [0.15, 0.2) is 70.7 Å². The molecule has 2 N–H and O–H groups in total. The van der Waals surface area contributed by atoms with Gasteiger partial charge in [-0.3, -0.25) is 9.52 Å². The molecule has 2 aromatic carbocycles. The van der Waals surface area contributed by atoms with E-state index in [2.05, 4.69) is 31.5 Å². The number of pyridine rings is 1. The number of aromatic amines is 1. The topological polar surface area (TPSA) is 73.5 Å². The number of amides is 1. The lowest BCUT2D eigenvalue weighted by Crippen LogP contribution is -2.44. The number of carbonyl (C=O) groups is 1. The van der Waals surface area contributed by atoms with Crippen molar-refractivity contribution in [3.63, 3.8) is 0 Å². The van der Waals surface area contributed by atoms with Gasteiger partial charge in [0, 0.05) is 59.3 Å². The largest absolute Gasteiger partial charge is 0.455 e. The van der Waals surface area contributed by atoms with Gasteiger partial charge in [-0.25, -0.2) is 4.98 Å². The fourth-order valence-corrected chi connectivity index (χ4v) is 6.14. The van der Waals surface area contributed by atoms with Gasteiger partial charge in [0.15, 0.2) is 0 Å². The third-order valence-electron chi connectivity index (χ3n) is 6.78. The Labute approximate surface area is 245 Å². The van der Waals surface area contributed by atoms with Gasteiger partial charge in [-0.05, 0) is 78.6 Å². The highest BCUT2D eigenvalue weighted by atomic mass is 32.2. The third-order valence-corrected chi connectivity index (χ3v) is 8.36. The normalized spacial score (nSPS) is 14.6. The van der Waals surface area contributed by atoms with Crippen molar-refractivity contribution in [2.75, 3.05) is 38.1 Å². The number of nitrogens with one attached hydrogen (secondary N) is 2. The first-order valence-electron chi connectivity index (χ1n) is 13.1. The second-order valence-corrected chi connectivity index (χ2v) is 12.1. The first-order valence-corrected chi connectivity index (χ1v) is 14.7. The molecule has 4 aromatic rings. The van der Waals surface area contributed by atoms with E-state index in [1.807, 2.05) is 38.1 Å². The van der Waals surface area contributed by atoms with Crippen molar-refractivity contribution < 1.29 is 22.7 Å². The molecule has 1 saturated heterocycles. The highest BCUT2D eigenvalue weighted by Gasteiger charge is 2.31. The molecule has 0 saturated carbocycles. The third kappa shape index (κ3) is 7.30. The molecule has 0 radical (unpaired) electrons. The Bertz CT molecular complexity index is 1530. The van der Waals surface area contributed by atoms with Crippen LogP contribution in [0.5, 0.6) is 11.5 Å². The SMILES string of the molecule is CC(C)c1ccc(SNC(=O)c2ccc(N3CCN(C)CC3)cc2Oc2cnc3[nH]ccc3c2)cc1SC(F)(F)F. The Kier molecular flexibility index (Phi) is 8.71. The minimum atomic E-state index is -4.41. The Morgan fingerprint density at radius 3 is 2.59 bits per heavy atom. The first-order chi connectivity index (χ1) is 19.6. The number of alkyl halides is 3. The van der Waals surface area contributed by atoms with E-state index in [0.29, 0.717) is 27.5 Å². The summed E-state index contributed by atoms with van der Waals surface area (Å²) in [6.45, 7) is 7.24. The zero-order valence-corrected chi connectivity index (χ0v) is 24.4. The molecule has 1 aliphatic rings. The molecule has 0 atom stereocenters. The predicted molar refractivity (Wildman–Crippen MR) is 158 cm³/mol. The maximum absolute atomic E-state index is 13.4. The number of thioether (sulfide) groups is 1. The van der Waals surface area contributed by atoms with Gasteiger partial charge in [-0.1, -0.05) is 19.9 Å². The number of rotatable bonds is 8. The van der Waals surface area contributed by atoms with E-state index in [4.69, 9.17) is 4.74 Å². The molecule has 1 aliphatic heterocycles. The molecule has 41 heavy (non-hydrogen) atoms. The van der Waals surface area contributed by atoms with E-state index in [-0.39, 0.29) is 22.6 Å². The Morgan fingerprint density at radius 2 is 1.85 bits per heavy atom. The van der Waals surface area contributed by atoms with Gasteiger partial charge in [0.2, 0.25) is 0 Å². The second kappa shape index (κ2) is 12.3. The zero-order chi connectivity index (χ0) is 29.1. The molecule has 0 unspecified atom stereocenters. The molecule has 5 rings (SSSR count). The molecule has 12 heteroatoms. The smallest absolute Gasteiger partial charge is 0.446 e. The number of nitrogens with zero attached hydrogens (tertiary/aromatic N) is 3. The van der Waals surface area contributed by atoms with Crippen LogP contribution in [0, 0.1) is 0 Å². The van der Waals surface area contributed by atoms with Crippen molar-refractivity contribution in [3.8, 4) is 11.5 Å². The first kappa shape index (κ1) is 29.2. The number of aromatic nitrogens is 2. The summed E-state index contributed by atoms with van der Waals surface area (Å²) in [5.74, 6) is 0.336. The van der Waals surface area contributed by atoms with Gasteiger partial charge in [0.1, 0.15) is 17.1 Å². The Balaban J connectivity index is 1.39. The molecule has 1 fully saturated rings. The summed E-state index contributed by atoms with van der Waals surface area (Å²) >= 11 is 0.825. The minimum Gasteiger partial charge on any atom is -0.455 e. The lowest BCUT2D eigenvalue weighted by atomic mass is 10.0. The molecule has 3 heterocycles. The summed E-state index contributed by atoms with van der Waals surface area (Å²) in [7, 11) is 2.09. The molecule has 7 nitrogen and oxygen atoms in total. The number of anilines is 1. The van der Waals surface area contributed by atoms with E-state index < -0.39 is 11.4 Å². The summed E-state index contributed by atoms with van der Waals surface area (Å²) in [5.41, 5.74) is -1.85. The number of carbonyl (C=O) groups excluding carboxylic acids is 1. The van der Waals surface area contributed by atoms with Gasteiger partial charge in [-0.15, -0.1) is 0 Å². The fourth-order valence-electron chi connectivity index (χ4n) is 4.58. The van der Waals surface area contributed by atoms with Gasteiger partial charge in [0.25, 0.3) is 5.91 Å². The summed E-state index contributed by atoms with van der Waals surface area (Å²) < 4.78 is 48.6. The highest BCUT2D eigenvalue weighted by Crippen LogP contribution is 2.42. The van der Waals surface area contributed by atoms with Gasteiger partial charge >= 0.3 is 5.51 Å². The van der Waals surface area contributed by atoms with Crippen LogP contribution < -0.4 is 14.4 Å². The molecular weight excluding hydrogens is 571 g/mol. The number of H-pyrrole nitrogens is 1. The van der Waals surface area contributed by atoms with Crippen molar-refractivity contribution in [2.45, 2.75) is 35.1 Å². The van der Waals surface area contributed by atoms with Crippen molar-refractivity contribution in [1.82, 2.24) is 19.6 Å². The van der Waals surface area contributed by atoms with Crippen molar-refractivity contribution >= 4 is 46.3 Å². The number of halogens is 3. The van der Waals surface area contributed by atoms with Crippen LogP contribution in [-0.2, 0) is 0 Å².